The molecular formula is C15H22NO7S-. The summed E-state index contributed by atoms with van der Waals surface area (Å²) in [6, 6.07) is -1.11. The number of hydrogen-bond acceptors (Lipinski definition) is 8. The number of thioether (sulfide) groups is 1. The van der Waals surface area contributed by atoms with Crippen molar-refractivity contribution in [3.63, 3.8) is 0 Å². The Morgan fingerprint density at radius 1 is 1.25 bits per heavy atom. The van der Waals surface area contributed by atoms with Gasteiger partial charge in [-0.1, -0.05) is 11.8 Å². The van der Waals surface area contributed by atoms with Crippen molar-refractivity contribution in [3.05, 3.63) is 11.6 Å². The highest BCUT2D eigenvalue weighted by molar-refractivity contribution is 8.14. The molecule has 1 atom stereocenters. The lowest BCUT2D eigenvalue weighted by molar-refractivity contribution is -0.299. The van der Waals surface area contributed by atoms with Crippen molar-refractivity contribution in [2.45, 2.75) is 46.3 Å². The second kappa shape index (κ2) is 9.96. The third kappa shape index (κ3) is 9.88. The number of carbonyl (C=O) groups excluding carboxylic acids is 4. The predicted molar refractivity (Wildman–Crippen MR) is 86.0 cm³/mol. The first kappa shape index (κ1) is 22.0. The standard InChI is InChI=1S/C15H23NO7S/c1-6-22-13(20)10(16-14(21)23-15(3,4)5)8-24-11(17)7-9(2)12(18)19/h7,10H,6,8H2,1-5H3,(H,16,21)(H,18,19)/p-1/b9-7+/t10-/m1/s1. The van der Waals surface area contributed by atoms with E-state index in [0.717, 1.165) is 6.08 Å². The van der Waals surface area contributed by atoms with Gasteiger partial charge >= 0.3 is 12.1 Å². The average molecular weight is 360 g/mol. The molecule has 0 aromatic heterocycles. The molecule has 1 N–H and O–H groups in total. The first-order chi connectivity index (χ1) is 11.0. The second-order valence-corrected chi connectivity index (χ2v) is 6.72. The fourth-order valence-electron chi connectivity index (χ4n) is 1.30. The Morgan fingerprint density at radius 2 is 1.83 bits per heavy atom. The van der Waals surface area contributed by atoms with Crippen LogP contribution in [-0.2, 0) is 23.9 Å². The van der Waals surface area contributed by atoms with Crippen LogP contribution in [0.4, 0.5) is 4.79 Å². The van der Waals surface area contributed by atoms with Crippen molar-refractivity contribution in [2.75, 3.05) is 12.4 Å². The van der Waals surface area contributed by atoms with Crippen LogP contribution in [0.15, 0.2) is 11.6 Å². The summed E-state index contributed by atoms with van der Waals surface area (Å²) in [5.74, 6) is -2.31. The number of ether oxygens (including phenoxy) is 2. The van der Waals surface area contributed by atoms with Crippen molar-refractivity contribution < 1.29 is 33.8 Å². The maximum absolute atomic E-state index is 11.9. The van der Waals surface area contributed by atoms with E-state index in [1.807, 2.05) is 0 Å². The molecule has 0 rings (SSSR count). The van der Waals surface area contributed by atoms with Crippen LogP contribution in [0.2, 0.25) is 0 Å². The number of carbonyl (C=O) groups is 4. The van der Waals surface area contributed by atoms with Crippen molar-refractivity contribution in [1.29, 1.82) is 0 Å². The lowest BCUT2D eigenvalue weighted by Gasteiger charge is -2.22. The summed E-state index contributed by atoms with van der Waals surface area (Å²) < 4.78 is 9.88. The summed E-state index contributed by atoms with van der Waals surface area (Å²) in [5, 5.41) is 12.3. The molecule has 0 aromatic rings. The van der Waals surface area contributed by atoms with Crippen LogP contribution in [-0.4, -0.2) is 47.1 Å². The van der Waals surface area contributed by atoms with E-state index in [1.54, 1.807) is 27.7 Å². The third-order valence-electron chi connectivity index (χ3n) is 2.31. The molecule has 0 bridgehead atoms. The molecule has 1 amide bonds. The van der Waals surface area contributed by atoms with Crippen LogP contribution in [0.5, 0.6) is 0 Å². The molecule has 0 saturated heterocycles. The van der Waals surface area contributed by atoms with Gasteiger partial charge in [0.15, 0.2) is 0 Å². The van der Waals surface area contributed by atoms with Gasteiger partial charge in [-0.3, -0.25) is 4.79 Å². The largest absolute Gasteiger partial charge is 0.545 e. The van der Waals surface area contributed by atoms with Crippen LogP contribution in [0.1, 0.15) is 34.6 Å². The summed E-state index contributed by atoms with van der Waals surface area (Å²) in [7, 11) is 0. The van der Waals surface area contributed by atoms with E-state index in [1.165, 1.54) is 6.92 Å². The van der Waals surface area contributed by atoms with E-state index in [9.17, 15) is 24.3 Å². The van der Waals surface area contributed by atoms with E-state index in [4.69, 9.17) is 9.47 Å². The van der Waals surface area contributed by atoms with Gasteiger partial charge in [-0.2, -0.15) is 0 Å². The van der Waals surface area contributed by atoms with Crippen molar-refractivity contribution in [2.24, 2.45) is 0 Å². The van der Waals surface area contributed by atoms with E-state index in [0.29, 0.717) is 11.8 Å². The molecule has 0 spiro atoms. The Hall–Kier alpha value is -2.03. The molecule has 0 radical (unpaired) electrons. The Balaban J connectivity index is 4.82. The summed E-state index contributed by atoms with van der Waals surface area (Å²) >= 11 is 0.667. The molecule has 136 valence electrons. The van der Waals surface area contributed by atoms with Crippen LogP contribution >= 0.6 is 11.8 Å². The minimum Gasteiger partial charge on any atom is -0.545 e. The average Bonchev–Trinajstić information content (AvgIpc) is 2.41. The van der Waals surface area contributed by atoms with E-state index < -0.39 is 34.8 Å². The summed E-state index contributed by atoms with van der Waals surface area (Å²) in [6.45, 7) is 7.92. The van der Waals surface area contributed by atoms with Gasteiger partial charge in [0.25, 0.3) is 0 Å². The Bertz CT molecular complexity index is 522. The predicted octanol–water partition coefficient (Wildman–Crippen LogP) is 0.399. The topological polar surface area (TPSA) is 122 Å². The van der Waals surface area contributed by atoms with Crippen molar-refractivity contribution >= 4 is 34.9 Å². The van der Waals surface area contributed by atoms with Crippen molar-refractivity contribution in [1.82, 2.24) is 5.32 Å². The lowest BCUT2D eigenvalue weighted by Crippen LogP contribution is -2.45. The maximum Gasteiger partial charge on any atom is 0.408 e. The van der Waals surface area contributed by atoms with Gasteiger partial charge in [0.1, 0.15) is 11.6 Å². The first-order valence-corrected chi connectivity index (χ1v) is 8.17. The van der Waals surface area contributed by atoms with E-state index in [2.05, 4.69) is 5.32 Å². The lowest BCUT2D eigenvalue weighted by atomic mass is 10.2. The van der Waals surface area contributed by atoms with Gasteiger partial charge in [-0.05, 0) is 46.3 Å². The highest BCUT2D eigenvalue weighted by Gasteiger charge is 2.26. The van der Waals surface area contributed by atoms with Gasteiger partial charge in [-0.15, -0.1) is 0 Å². The first-order valence-electron chi connectivity index (χ1n) is 7.18. The smallest absolute Gasteiger partial charge is 0.408 e. The number of hydrogen-bond donors (Lipinski definition) is 1. The quantitative estimate of drug-likeness (QED) is 0.511. The van der Waals surface area contributed by atoms with Crippen LogP contribution < -0.4 is 10.4 Å². The van der Waals surface area contributed by atoms with E-state index >= 15 is 0 Å². The number of rotatable bonds is 7. The van der Waals surface area contributed by atoms with Gasteiger partial charge in [-0.25, -0.2) is 9.59 Å². The van der Waals surface area contributed by atoms with Crippen LogP contribution in [0.3, 0.4) is 0 Å². The minimum atomic E-state index is -1.46. The number of aliphatic carboxylic acids is 1. The molecular weight excluding hydrogens is 338 g/mol. The highest BCUT2D eigenvalue weighted by atomic mass is 32.2. The Kier molecular flexibility index (Phi) is 9.12. The summed E-state index contributed by atoms with van der Waals surface area (Å²) in [4.78, 5) is 45.8. The molecule has 0 aliphatic rings. The van der Waals surface area contributed by atoms with Crippen LogP contribution in [0.25, 0.3) is 0 Å². The molecule has 0 aliphatic carbocycles. The summed E-state index contributed by atoms with van der Waals surface area (Å²) in [5.41, 5.74) is -0.985. The van der Waals surface area contributed by atoms with E-state index in [-0.39, 0.29) is 17.9 Å². The molecule has 9 heteroatoms. The zero-order chi connectivity index (χ0) is 18.9. The molecule has 0 fully saturated rings. The number of carboxylic acid groups (broad SMARTS) is 1. The number of carboxylic acids is 1. The monoisotopic (exact) mass is 360 g/mol. The Morgan fingerprint density at radius 3 is 2.29 bits per heavy atom. The maximum atomic E-state index is 11.9. The SMILES string of the molecule is CCOC(=O)[C@@H](CSC(=O)/C=C(\C)C(=O)[O-])NC(=O)OC(C)(C)C. The number of alkyl carbamates (subject to hydrolysis) is 1. The fraction of sp³-hybridized carbons (Fsp3) is 0.600. The summed E-state index contributed by atoms with van der Waals surface area (Å²) in [6.07, 6.45) is 0.0606. The van der Waals surface area contributed by atoms with Crippen LogP contribution in [0, 0.1) is 0 Å². The molecule has 24 heavy (non-hydrogen) atoms. The zero-order valence-corrected chi connectivity index (χ0v) is 15.2. The fourth-order valence-corrected chi connectivity index (χ4v) is 2.11. The molecule has 0 aliphatic heterocycles. The van der Waals surface area contributed by atoms with Gasteiger partial charge in [0.05, 0.1) is 12.6 Å². The molecule has 0 unspecified atom stereocenters. The zero-order valence-electron chi connectivity index (χ0n) is 14.3. The normalized spacial score (nSPS) is 13.0. The molecule has 0 heterocycles. The van der Waals surface area contributed by atoms with Gasteiger partial charge in [0, 0.05) is 5.75 Å². The Labute approximate surface area is 144 Å². The molecule has 8 nitrogen and oxygen atoms in total. The molecule has 0 aromatic carbocycles. The second-order valence-electron chi connectivity index (χ2n) is 5.70. The number of amides is 1. The van der Waals surface area contributed by atoms with Gasteiger partial charge < -0.3 is 24.7 Å². The highest BCUT2D eigenvalue weighted by Crippen LogP contribution is 2.11. The molecule has 0 saturated carbocycles. The number of esters is 1. The van der Waals surface area contributed by atoms with Gasteiger partial charge in [0.2, 0.25) is 5.12 Å². The number of nitrogens with one attached hydrogen (secondary N) is 1. The van der Waals surface area contributed by atoms with Crippen molar-refractivity contribution in [3.8, 4) is 0 Å². The third-order valence-corrected chi connectivity index (χ3v) is 3.21. The minimum absolute atomic E-state index is 0.105.